The number of imidazole rings is 1. The standard InChI is InChI=1S/C21H15N7/c1-2-4-12(3-1)18-20-17(7-8-22-18)25-21(26-20)19-15-9-13(14-10-23-24-11-14)5-6-16(15)27-28-19/h1,3-11H,2H2,(H,23,24)(H,25,26)(H,27,28). The second-order valence-corrected chi connectivity index (χ2v) is 6.76. The number of rotatable bonds is 3. The van der Waals surface area contributed by atoms with Gasteiger partial charge in [0.2, 0.25) is 0 Å². The van der Waals surface area contributed by atoms with Gasteiger partial charge in [-0.1, -0.05) is 24.3 Å². The minimum absolute atomic E-state index is 0.724. The number of H-pyrrole nitrogens is 3. The van der Waals surface area contributed by atoms with E-state index in [0.29, 0.717) is 0 Å². The van der Waals surface area contributed by atoms with Crippen LogP contribution in [0.2, 0.25) is 0 Å². The molecule has 1 aliphatic carbocycles. The van der Waals surface area contributed by atoms with Crippen molar-refractivity contribution in [3.8, 4) is 22.6 Å². The summed E-state index contributed by atoms with van der Waals surface area (Å²) in [4.78, 5) is 12.8. The Hall–Kier alpha value is -4.00. The van der Waals surface area contributed by atoms with Crippen LogP contribution in [0.5, 0.6) is 0 Å². The van der Waals surface area contributed by atoms with E-state index >= 15 is 0 Å². The zero-order chi connectivity index (χ0) is 18.5. The number of aromatic nitrogens is 7. The van der Waals surface area contributed by atoms with Gasteiger partial charge in [0.1, 0.15) is 11.2 Å². The monoisotopic (exact) mass is 365 g/mol. The molecule has 0 unspecified atom stereocenters. The molecule has 7 nitrogen and oxygen atoms in total. The smallest absolute Gasteiger partial charge is 0.159 e. The number of benzene rings is 1. The van der Waals surface area contributed by atoms with E-state index in [-0.39, 0.29) is 0 Å². The molecule has 6 rings (SSSR count). The molecule has 0 spiro atoms. The summed E-state index contributed by atoms with van der Waals surface area (Å²) in [5.41, 5.74) is 7.67. The second kappa shape index (κ2) is 5.75. The summed E-state index contributed by atoms with van der Waals surface area (Å²) in [6.45, 7) is 0. The van der Waals surface area contributed by atoms with Gasteiger partial charge in [-0.2, -0.15) is 10.2 Å². The van der Waals surface area contributed by atoms with Gasteiger partial charge in [0.15, 0.2) is 5.82 Å². The summed E-state index contributed by atoms with van der Waals surface area (Å²) < 4.78 is 0. The zero-order valence-electron chi connectivity index (χ0n) is 14.8. The van der Waals surface area contributed by atoms with Gasteiger partial charge in [0.05, 0.1) is 22.9 Å². The lowest BCUT2D eigenvalue weighted by Crippen LogP contribution is -1.87. The summed E-state index contributed by atoms with van der Waals surface area (Å²) in [6.07, 6.45) is 12.8. The fraction of sp³-hybridized carbons (Fsp3) is 0.0476. The summed E-state index contributed by atoms with van der Waals surface area (Å²) in [5, 5.41) is 15.5. The minimum atomic E-state index is 0.724. The average molecular weight is 365 g/mol. The number of nitrogens with one attached hydrogen (secondary N) is 3. The quantitative estimate of drug-likeness (QED) is 0.445. The maximum atomic E-state index is 4.85. The van der Waals surface area contributed by atoms with Crippen LogP contribution in [0.4, 0.5) is 0 Å². The highest BCUT2D eigenvalue weighted by Crippen LogP contribution is 2.32. The Labute approximate surface area is 159 Å². The first-order valence-corrected chi connectivity index (χ1v) is 9.06. The normalized spacial score (nSPS) is 13.6. The number of aromatic amines is 3. The van der Waals surface area contributed by atoms with Gasteiger partial charge < -0.3 is 4.98 Å². The fourth-order valence-electron chi connectivity index (χ4n) is 3.68. The lowest BCUT2D eigenvalue weighted by atomic mass is 10.1. The highest BCUT2D eigenvalue weighted by Gasteiger charge is 2.17. The van der Waals surface area contributed by atoms with Crippen molar-refractivity contribution in [3.05, 3.63) is 66.8 Å². The lowest BCUT2D eigenvalue weighted by molar-refractivity contribution is 1.09. The van der Waals surface area contributed by atoms with Crippen LogP contribution in [-0.2, 0) is 0 Å². The van der Waals surface area contributed by atoms with Crippen LogP contribution in [0, 0.1) is 0 Å². The van der Waals surface area contributed by atoms with Gasteiger partial charge in [-0.3, -0.25) is 15.2 Å². The van der Waals surface area contributed by atoms with E-state index in [0.717, 1.165) is 62.3 Å². The highest BCUT2D eigenvalue weighted by atomic mass is 15.1. The maximum Gasteiger partial charge on any atom is 0.159 e. The highest BCUT2D eigenvalue weighted by molar-refractivity contribution is 5.97. The number of fused-ring (bicyclic) bond motifs is 2. The molecule has 0 bridgehead atoms. The Balaban J connectivity index is 1.53. The molecule has 0 atom stereocenters. The third kappa shape index (κ3) is 2.23. The summed E-state index contributed by atoms with van der Waals surface area (Å²) in [6, 6.07) is 8.13. The third-order valence-corrected chi connectivity index (χ3v) is 5.06. The Kier molecular flexibility index (Phi) is 3.10. The van der Waals surface area contributed by atoms with Crippen LogP contribution in [0.3, 0.4) is 0 Å². The van der Waals surface area contributed by atoms with Crippen LogP contribution >= 0.6 is 0 Å². The molecule has 4 aromatic heterocycles. The predicted octanol–water partition coefficient (Wildman–Crippen LogP) is 4.23. The molecular weight excluding hydrogens is 350 g/mol. The molecule has 5 aromatic rings. The molecule has 0 saturated carbocycles. The van der Waals surface area contributed by atoms with E-state index in [1.807, 2.05) is 30.7 Å². The third-order valence-electron chi connectivity index (χ3n) is 5.06. The molecule has 7 heteroatoms. The molecule has 0 fully saturated rings. The Bertz CT molecular complexity index is 1380. The first-order chi connectivity index (χ1) is 13.9. The second-order valence-electron chi connectivity index (χ2n) is 6.76. The van der Waals surface area contributed by atoms with Gasteiger partial charge >= 0.3 is 0 Å². The first-order valence-electron chi connectivity index (χ1n) is 9.06. The lowest BCUT2D eigenvalue weighted by Gasteiger charge is -1.99. The van der Waals surface area contributed by atoms with Gasteiger partial charge in [-0.15, -0.1) is 0 Å². The molecular formula is C21H15N7. The van der Waals surface area contributed by atoms with E-state index in [4.69, 9.17) is 4.98 Å². The first kappa shape index (κ1) is 15.1. The van der Waals surface area contributed by atoms with Crippen LogP contribution in [-0.4, -0.2) is 35.3 Å². The molecule has 134 valence electrons. The number of pyridine rings is 1. The topological polar surface area (TPSA) is 98.9 Å². The van der Waals surface area contributed by atoms with E-state index in [2.05, 4.69) is 60.7 Å². The number of nitrogens with zero attached hydrogens (tertiary/aromatic N) is 4. The van der Waals surface area contributed by atoms with E-state index in [1.54, 1.807) is 0 Å². The van der Waals surface area contributed by atoms with Crippen LogP contribution in [0.25, 0.3) is 50.2 Å². The Morgan fingerprint density at radius 1 is 1.00 bits per heavy atom. The average Bonchev–Trinajstić information content (AvgIpc) is 3.53. The van der Waals surface area contributed by atoms with Crippen molar-refractivity contribution in [1.29, 1.82) is 0 Å². The van der Waals surface area contributed by atoms with Crippen LogP contribution in [0.15, 0.2) is 61.1 Å². The largest absolute Gasteiger partial charge is 0.336 e. The van der Waals surface area contributed by atoms with Crippen molar-refractivity contribution in [2.45, 2.75) is 6.42 Å². The van der Waals surface area contributed by atoms with Crippen LogP contribution < -0.4 is 0 Å². The number of hydrogen-bond acceptors (Lipinski definition) is 4. The van der Waals surface area contributed by atoms with Crippen molar-refractivity contribution in [2.75, 3.05) is 0 Å². The van der Waals surface area contributed by atoms with E-state index in [1.165, 1.54) is 0 Å². The molecule has 0 aliphatic heterocycles. The van der Waals surface area contributed by atoms with Gasteiger partial charge in [0.25, 0.3) is 0 Å². The molecule has 0 saturated heterocycles. The van der Waals surface area contributed by atoms with Crippen molar-refractivity contribution in [2.24, 2.45) is 0 Å². The molecule has 4 heterocycles. The Morgan fingerprint density at radius 2 is 2.00 bits per heavy atom. The Morgan fingerprint density at radius 3 is 2.86 bits per heavy atom. The summed E-state index contributed by atoms with van der Waals surface area (Å²) in [7, 11) is 0. The fourth-order valence-corrected chi connectivity index (χ4v) is 3.68. The van der Waals surface area contributed by atoms with Crippen molar-refractivity contribution >= 4 is 27.5 Å². The van der Waals surface area contributed by atoms with Gasteiger partial charge in [-0.25, -0.2) is 4.98 Å². The van der Waals surface area contributed by atoms with Gasteiger partial charge in [-0.05, 0) is 35.8 Å². The molecule has 0 radical (unpaired) electrons. The minimum Gasteiger partial charge on any atom is -0.336 e. The molecule has 28 heavy (non-hydrogen) atoms. The molecule has 0 amide bonds. The van der Waals surface area contributed by atoms with Crippen molar-refractivity contribution in [3.63, 3.8) is 0 Å². The molecule has 1 aliphatic rings. The van der Waals surface area contributed by atoms with Crippen molar-refractivity contribution < 1.29 is 0 Å². The summed E-state index contributed by atoms with van der Waals surface area (Å²) >= 11 is 0. The van der Waals surface area contributed by atoms with Crippen LogP contribution in [0.1, 0.15) is 12.1 Å². The molecule has 3 N–H and O–H groups in total. The summed E-state index contributed by atoms with van der Waals surface area (Å²) in [5.74, 6) is 0.724. The zero-order valence-corrected chi connectivity index (χ0v) is 14.8. The SMILES string of the molecule is C1=CC(c2nccc3[nH]c(-c4n[nH]c5ccc(-c6cn[nH]c6)cc45)nc23)=CC1. The van der Waals surface area contributed by atoms with E-state index in [9.17, 15) is 0 Å². The molecule has 1 aromatic carbocycles. The van der Waals surface area contributed by atoms with E-state index < -0.39 is 0 Å². The number of hydrogen-bond donors (Lipinski definition) is 3. The number of allylic oxidation sites excluding steroid dienone is 4. The van der Waals surface area contributed by atoms with Crippen molar-refractivity contribution in [1.82, 2.24) is 35.3 Å². The van der Waals surface area contributed by atoms with Gasteiger partial charge in [0, 0.05) is 23.3 Å². The maximum absolute atomic E-state index is 4.85. The predicted molar refractivity (Wildman–Crippen MR) is 108 cm³/mol.